The van der Waals surface area contributed by atoms with E-state index >= 15 is 0 Å². The van der Waals surface area contributed by atoms with E-state index < -0.39 is 0 Å². The summed E-state index contributed by atoms with van der Waals surface area (Å²) in [5, 5.41) is 12.4. The molecule has 0 aliphatic carbocycles. The van der Waals surface area contributed by atoms with Crippen LogP contribution < -0.4 is 0 Å². The highest BCUT2D eigenvalue weighted by Crippen LogP contribution is 2.45. The second-order valence-electron chi connectivity index (χ2n) is 9.36. The van der Waals surface area contributed by atoms with Crippen molar-refractivity contribution in [2.24, 2.45) is 10.8 Å². The molecule has 1 N–H and O–H groups in total. The number of nitrogens with zero attached hydrogens (tertiary/aromatic N) is 1. The molecule has 0 fully saturated rings. The van der Waals surface area contributed by atoms with Crippen LogP contribution in [0.3, 0.4) is 0 Å². The quantitative estimate of drug-likeness (QED) is 0.608. The highest BCUT2D eigenvalue weighted by Gasteiger charge is 2.30. The van der Waals surface area contributed by atoms with Crippen molar-refractivity contribution < 1.29 is 5.11 Å². The molecule has 1 atom stereocenters. The van der Waals surface area contributed by atoms with Crippen molar-refractivity contribution in [2.45, 2.75) is 73.6 Å². The highest BCUT2D eigenvalue weighted by molar-refractivity contribution is 6.36. The van der Waals surface area contributed by atoms with Gasteiger partial charge in [-0.15, -0.1) is 0 Å². The van der Waals surface area contributed by atoms with Crippen LogP contribution >= 0.6 is 11.6 Å². The molecule has 138 valence electrons. The minimum atomic E-state index is 0.187. The fraction of sp³-hybridized carbons (Fsp3) is 0.591. The second kappa shape index (κ2) is 7.15. The van der Waals surface area contributed by atoms with Crippen LogP contribution in [0.5, 0.6) is 5.75 Å². The molecule has 0 aliphatic heterocycles. The fourth-order valence-electron chi connectivity index (χ4n) is 4.41. The summed E-state index contributed by atoms with van der Waals surface area (Å²) in [5.74, 6) is 0.558. The van der Waals surface area contributed by atoms with Crippen LogP contribution in [-0.4, -0.2) is 10.1 Å². The molecule has 1 heterocycles. The Morgan fingerprint density at radius 3 is 2.40 bits per heavy atom. The van der Waals surface area contributed by atoms with E-state index in [2.05, 4.69) is 46.5 Å². The summed E-state index contributed by atoms with van der Waals surface area (Å²) in [6.45, 7) is 15.7. The summed E-state index contributed by atoms with van der Waals surface area (Å²) in [5.41, 5.74) is 3.06. The Labute approximate surface area is 157 Å². The molecule has 0 radical (unpaired) electrons. The zero-order valence-electron chi connectivity index (χ0n) is 16.7. The Morgan fingerprint density at radius 2 is 1.84 bits per heavy atom. The molecule has 2 nitrogen and oxygen atoms in total. The van der Waals surface area contributed by atoms with E-state index in [-0.39, 0.29) is 16.7 Å². The molecule has 0 aliphatic rings. The lowest BCUT2D eigenvalue weighted by Gasteiger charge is -2.35. The normalized spacial score (nSPS) is 14.1. The highest BCUT2D eigenvalue weighted by atomic mass is 35.5. The summed E-state index contributed by atoms with van der Waals surface area (Å²) in [4.78, 5) is 4.40. The van der Waals surface area contributed by atoms with Crippen molar-refractivity contribution >= 4 is 22.5 Å². The number of hydrogen-bond donors (Lipinski definition) is 1. The zero-order chi connectivity index (χ0) is 19.0. The van der Waals surface area contributed by atoms with Gasteiger partial charge in [-0.1, -0.05) is 53.1 Å². The SMILES string of the molecule is CCC(CC(C)(C)CC(C)(C)C)c1cc(Cl)c2c(C)ccnc2c1O. The maximum Gasteiger partial charge on any atom is 0.145 e. The predicted octanol–water partition coefficient (Wildman–Crippen LogP) is 7.25. The minimum Gasteiger partial charge on any atom is -0.505 e. The standard InChI is InChI=1S/C22H32ClNO/c1-8-15(12-22(6,7)13-21(3,4)5)16-11-17(23)18-14(2)9-10-24-19(18)20(16)25/h9-11,15,25H,8,12-13H2,1-7H3. The van der Waals surface area contributed by atoms with Gasteiger partial charge in [-0.3, -0.25) is 4.98 Å². The van der Waals surface area contributed by atoms with E-state index in [0.29, 0.717) is 16.3 Å². The first-order valence-electron chi connectivity index (χ1n) is 9.22. The molecule has 0 saturated carbocycles. The molecule has 2 aromatic rings. The average molecular weight is 362 g/mol. The van der Waals surface area contributed by atoms with Crippen LogP contribution in [-0.2, 0) is 0 Å². The van der Waals surface area contributed by atoms with E-state index in [1.165, 1.54) is 0 Å². The molecule has 1 unspecified atom stereocenters. The second-order valence-corrected chi connectivity index (χ2v) is 9.77. The molecular weight excluding hydrogens is 330 g/mol. The molecule has 1 aromatic carbocycles. The van der Waals surface area contributed by atoms with Crippen molar-refractivity contribution in [3.8, 4) is 5.75 Å². The van der Waals surface area contributed by atoms with Crippen molar-refractivity contribution in [1.29, 1.82) is 0 Å². The molecule has 0 saturated heterocycles. The number of aromatic nitrogens is 1. The van der Waals surface area contributed by atoms with Crippen LogP contribution in [0.2, 0.25) is 5.02 Å². The van der Waals surface area contributed by atoms with Crippen molar-refractivity contribution in [3.05, 3.63) is 34.5 Å². The van der Waals surface area contributed by atoms with Gasteiger partial charge in [0.15, 0.2) is 0 Å². The summed E-state index contributed by atoms with van der Waals surface area (Å²) < 4.78 is 0. The van der Waals surface area contributed by atoms with Gasteiger partial charge in [-0.2, -0.15) is 0 Å². The van der Waals surface area contributed by atoms with Crippen LogP contribution in [0.4, 0.5) is 0 Å². The number of halogens is 1. The van der Waals surface area contributed by atoms with Gasteiger partial charge in [0.1, 0.15) is 11.3 Å². The zero-order valence-corrected chi connectivity index (χ0v) is 17.5. The fourth-order valence-corrected chi connectivity index (χ4v) is 4.77. The smallest absolute Gasteiger partial charge is 0.145 e. The number of rotatable bonds is 5. The Kier molecular flexibility index (Phi) is 5.73. The topological polar surface area (TPSA) is 33.1 Å². The van der Waals surface area contributed by atoms with E-state index in [9.17, 15) is 5.11 Å². The van der Waals surface area contributed by atoms with E-state index in [4.69, 9.17) is 11.6 Å². The third-order valence-corrected chi connectivity index (χ3v) is 5.22. The largest absolute Gasteiger partial charge is 0.505 e. The van der Waals surface area contributed by atoms with Crippen LogP contribution in [0.15, 0.2) is 18.3 Å². The number of benzene rings is 1. The summed E-state index contributed by atoms with van der Waals surface area (Å²) in [6, 6.07) is 3.88. The van der Waals surface area contributed by atoms with E-state index in [0.717, 1.165) is 35.8 Å². The number of hydrogen-bond acceptors (Lipinski definition) is 2. The molecule has 0 bridgehead atoms. The Bertz CT molecular complexity index is 759. The van der Waals surface area contributed by atoms with E-state index in [1.807, 2.05) is 19.1 Å². The lowest BCUT2D eigenvalue weighted by atomic mass is 9.70. The first kappa shape index (κ1) is 20.0. The van der Waals surface area contributed by atoms with Gasteiger partial charge in [0, 0.05) is 17.1 Å². The van der Waals surface area contributed by atoms with Gasteiger partial charge < -0.3 is 5.11 Å². The van der Waals surface area contributed by atoms with Gasteiger partial charge in [-0.25, -0.2) is 0 Å². The summed E-state index contributed by atoms with van der Waals surface area (Å²) in [6.07, 6.45) is 4.86. The van der Waals surface area contributed by atoms with Crippen LogP contribution in [0.1, 0.15) is 77.8 Å². The molecule has 25 heavy (non-hydrogen) atoms. The maximum atomic E-state index is 10.9. The Balaban J connectivity index is 2.46. The van der Waals surface area contributed by atoms with Gasteiger partial charge >= 0.3 is 0 Å². The lowest BCUT2D eigenvalue weighted by molar-refractivity contribution is 0.185. The third kappa shape index (κ3) is 4.67. The Hall–Kier alpha value is -1.28. The molecule has 0 amide bonds. The number of phenolic OH excluding ortho intramolecular Hbond substituents is 1. The number of phenols is 1. The predicted molar refractivity (Wildman–Crippen MR) is 109 cm³/mol. The van der Waals surface area contributed by atoms with Crippen molar-refractivity contribution in [1.82, 2.24) is 4.98 Å². The minimum absolute atomic E-state index is 0.187. The lowest BCUT2D eigenvalue weighted by Crippen LogP contribution is -2.23. The molecule has 2 rings (SSSR count). The summed E-state index contributed by atoms with van der Waals surface area (Å²) in [7, 11) is 0. The molecule has 1 aromatic heterocycles. The monoisotopic (exact) mass is 361 g/mol. The van der Waals surface area contributed by atoms with Gasteiger partial charge in [-0.05, 0) is 60.6 Å². The van der Waals surface area contributed by atoms with Crippen LogP contribution in [0, 0.1) is 17.8 Å². The molecule has 3 heteroatoms. The number of aromatic hydroxyl groups is 1. The summed E-state index contributed by atoms with van der Waals surface area (Å²) >= 11 is 6.57. The van der Waals surface area contributed by atoms with Gasteiger partial charge in [0.2, 0.25) is 0 Å². The van der Waals surface area contributed by atoms with Gasteiger partial charge in [0.25, 0.3) is 0 Å². The molecule has 0 spiro atoms. The van der Waals surface area contributed by atoms with Crippen molar-refractivity contribution in [2.75, 3.05) is 0 Å². The Morgan fingerprint density at radius 1 is 1.20 bits per heavy atom. The third-order valence-electron chi connectivity index (χ3n) is 4.92. The first-order valence-corrected chi connectivity index (χ1v) is 9.59. The number of pyridine rings is 1. The molecular formula is C22H32ClNO. The number of fused-ring (bicyclic) bond motifs is 1. The van der Waals surface area contributed by atoms with Gasteiger partial charge in [0.05, 0.1) is 5.02 Å². The average Bonchev–Trinajstić information content (AvgIpc) is 2.46. The first-order chi connectivity index (χ1) is 11.4. The van der Waals surface area contributed by atoms with E-state index in [1.54, 1.807) is 6.20 Å². The van der Waals surface area contributed by atoms with Crippen LogP contribution in [0.25, 0.3) is 10.9 Å². The maximum absolute atomic E-state index is 10.9. The van der Waals surface area contributed by atoms with Crippen molar-refractivity contribution in [3.63, 3.8) is 0 Å². The number of aryl methyl sites for hydroxylation is 1.